The lowest BCUT2D eigenvalue weighted by Crippen LogP contribution is -2.32. The van der Waals surface area contributed by atoms with Gasteiger partial charge in [0.2, 0.25) is 0 Å². The second kappa shape index (κ2) is 12.5. The standard InChI is InChI=1S/C30H30N2O6S/c1-19-6-5-7-23(14-19)37-13-12-32-29(34)27(39-30(32)35)17-22-10-11-25(26(16-22)36-4)38-18-28(33)31-24-15-20(2)8-9-21(24)3/h5-11,14-17H,12-13,18H2,1-4H3,(H,31,33)/b27-17-. The first-order valence-corrected chi connectivity index (χ1v) is 13.2. The lowest BCUT2D eigenvalue weighted by atomic mass is 10.1. The molecule has 202 valence electrons. The lowest BCUT2D eigenvalue weighted by Gasteiger charge is -2.13. The number of ether oxygens (including phenoxy) is 3. The molecule has 0 bridgehead atoms. The second-order valence-corrected chi connectivity index (χ2v) is 10.1. The maximum absolute atomic E-state index is 12.9. The fraction of sp³-hybridized carbons (Fsp3) is 0.233. The molecular formula is C30H30N2O6S. The molecule has 0 atom stereocenters. The van der Waals surface area contributed by atoms with Gasteiger partial charge in [-0.3, -0.25) is 19.3 Å². The topological polar surface area (TPSA) is 94.2 Å². The van der Waals surface area contributed by atoms with Gasteiger partial charge < -0.3 is 19.5 Å². The lowest BCUT2D eigenvalue weighted by molar-refractivity contribution is -0.123. The molecule has 0 unspecified atom stereocenters. The number of benzene rings is 3. The van der Waals surface area contributed by atoms with E-state index in [4.69, 9.17) is 14.2 Å². The van der Waals surface area contributed by atoms with E-state index in [9.17, 15) is 14.4 Å². The molecule has 9 heteroatoms. The molecule has 1 aliphatic heterocycles. The summed E-state index contributed by atoms with van der Waals surface area (Å²) in [5.41, 5.74) is 4.46. The third-order valence-corrected chi connectivity index (χ3v) is 6.87. The van der Waals surface area contributed by atoms with Gasteiger partial charge in [-0.15, -0.1) is 0 Å². The van der Waals surface area contributed by atoms with Crippen LogP contribution in [0, 0.1) is 20.8 Å². The van der Waals surface area contributed by atoms with Crippen molar-refractivity contribution >= 4 is 40.6 Å². The zero-order valence-corrected chi connectivity index (χ0v) is 23.1. The Morgan fingerprint density at radius 1 is 0.949 bits per heavy atom. The first kappa shape index (κ1) is 27.8. The third-order valence-electron chi connectivity index (χ3n) is 5.96. The molecular weight excluding hydrogens is 516 g/mol. The number of thioether (sulfide) groups is 1. The molecule has 1 saturated heterocycles. The van der Waals surface area contributed by atoms with Crippen LogP contribution < -0.4 is 19.5 Å². The monoisotopic (exact) mass is 546 g/mol. The number of carbonyl (C=O) groups excluding carboxylic acids is 3. The third kappa shape index (κ3) is 7.20. The molecule has 3 aromatic rings. The van der Waals surface area contributed by atoms with Crippen molar-refractivity contribution in [3.63, 3.8) is 0 Å². The van der Waals surface area contributed by atoms with E-state index in [1.807, 2.05) is 63.2 Å². The molecule has 3 amide bonds. The van der Waals surface area contributed by atoms with Gasteiger partial charge in [0, 0.05) is 5.69 Å². The van der Waals surface area contributed by atoms with Crippen molar-refractivity contribution in [3.8, 4) is 17.2 Å². The zero-order chi connectivity index (χ0) is 27.9. The molecule has 0 aromatic heterocycles. The molecule has 1 fully saturated rings. The van der Waals surface area contributed by atoms with Gasteiger partial charge in [-0.25, -0.2) is 0 Å². The van der Waals surface area contributed by atoms with Gasteiger partial charge in [0.25, 0.3) is 17.1 Å². The Hall–Kier alpha value is -4.24. The number of anilines is 1. The van der Waals surface area contributed by atoms with E-state index in [1.54, 1.807) is 24.3 Å². The van der Waals surface area contributed by atoms with Crippen LogP contribution in [0.1, 0.15) is 22.3 Å². The van der Waals surface area contributed by atoms with E-state index in [-0.39, 0.29) is 36.8 Å². The minimum Gasteiger partial charge on any atom is -0.493 e. The summed E-state index contributed by atoms with van der Waals surface area (Å²) in [5.74, 6) is 0.797. The Morgan fingerprint density at radius 3 is 2.51 bits per heavy atom. The van der Waals surface area contributed by atoms with Crippen molar-refractivity contribution in [2.24, 2.45) is 0 Å². The van der Waals surface area contributed by atoms with E-state index in [2.05, 4.69) is 5.32 Å². The SMILES string of the molecule is COc1cc(/C=C2\SC(=O)N(CCOc3cccc(C)c3)C2=O)ccc1OCC(=O)Nc1cc(C)ccc1C. The zero-order valence-electron chi connectivity index (χ0n) is 22.3. The van der Waals surface area contributed by atoms with Crippen molar-refractivity contribution in [1.29, 1.82) is 0 Å². The molecule has 0 spiro atoms. The van der Waals surface area contributed by atoms with E-state index in [0.717, 1.165) is 34.1 Å². The summed E-state index contributed by atoms with van der Waals surface area (Å²) in [6, 6.07) is 18.5. The summed E-state index contributed by atoms with van der Waals surface area (Å²) < 4.78 is 16.8. The van der Waals surface area contributed by atoms with Crippen molar-refractivity contribution < 1.29 is 28.6 Å². The molecule has 0 radical (unpaired) electrons. The van der Waals surface area contributed by atoms with Gasteiger partial charge in [-0.2, -0.15) is 0 Å². The molecule has 8 nitrogen and oxygen atoms in total. The number of hydrogen-bond donors (Lipinski definition) is 1. The number of rotatable bonds is 10. The van der Waals surface area contributed by atoms with Crippen LogP contribution >= 0.6 is 11.8 Å². The Bertz CT molecular complexity index is 1430. The number of nitrogens with one attached hydrogen (secondary N) is 1. The minimum absolute atomic E-state index is 0.149. The van der Waals surface area contributed by atoms with E-state index in [0.29, 0.717) is 27.7 Å². The summed E-state index contributed by atoms with van der Waals surface area (Å²) in [4.78, 5) is 39.3. The summed E-state index contributed by atoms with van der Waals surface area (Å²) in [6.45, 7) is 5.99. The Balaban J connectivity index is 1.36. The molecule has 1 heterocycles. The molecule has 3 aromatic carbocycles. The van der Waals surface area contributed by atoms with E-state index >= 15 is 0 Å². The van der Waals surface area contributed by atoms with Crippen molar-refractivity contribution in [2.45, 2.75) is 20.8 Å². The van der Waals surface area contributed by atoms with Gasteiger partial charge in [-0.1, -0.05) is 30.3 Å². The van der Waals surface area contributed by atoms with Crippen LogP contribution in [-0.2, 0) is 9.59 Å². The summed E-state index contributed by atoms with van der Waals surface area (Å²) in [6.07, 6.45) is 1.63. The highest BCUT2D eigenvalue weighted by molar-refractivity contribution is 8.18. The van der Waals surface area contributed by atoms with Crippen molar-refractivity contribution in [2.75, 3.05) is 32.2 Å². The van der Waals surface area contributed by atoms with Crippen LogP contribution in [0.5, 0.6) is 17.2 Å². The summed E-state index contributed by atoms with van der Waals surface area (Å²) in [7, 11) is 1.49. The largest absolute Gasteiger partial charge is 0.493 e. The van der Waals surface area contributed by atoms with Crippen LogP contribution in [0.25, 0.3) is 6.08 Å². The summed E-state index contributed by atoms with van der Waals surface area (Å²) in [5, 5.41) is 2.51. The normalized spacial score (nSPS) is 14.1. The van der Waals surface area contributed by atoms with E-state index in [1.165, 1.54) is 12.0 Å². The van der Waals surface area contributed by atoms with Crippen LogP contribution in [0.2, 0.25) is 0 Å². The highest BCUT2D eigenvalue weighted by atomic mass is 32.2. The fourth-order valence-electron chi connectivity index (χ4n) is 3.90. The van der Waals surface area contributed by atoms with E-state index < -0.39 is 0 Å². The van der Waals surface area contributed by atoms with Crippen LogP contribution in [0.15, 0.2) is 65.6 Å². The number of amides is 3. The first-order chi connectivity index (χ1) is 18.7. The number of imide groups is 1. The predicted molar refractivity (Wildman–Crippen MR) is 152 cm³/mol. The van der Waals surface area contributed by atoms with Gasteiger partial charge in [-0.05, 0) is 91.2 Å². The molecule has 0 aliphatic carbocycles. The maximum Gasteiger partial charge on any atom is 0.293 e. The average Bonchev–Trinajstić information content (AvgIpc) is 3.17. The average molecular weight is 547 g/mol. The number of methoxy groups -OCH3 is 1. The van der Waals surface area contributed by atoms with Crippen molar-refractivity contribution in [1.82, 2.24) is 4.90 Å². The van der Waals surface area contributed by atoms with Crippen LogP contribution in [-0.4, -0.2) is 48.8 Å². The minimum atomic E-state index is -0.375. The van der Waals surface area contributed by atoms with Gasteiger partial charge >= 0.3 is 0 Å². The number of nitrogens with zero attached hydrogens (tertiary/aromatic N) is 1. The number of hydrogen-bond acceptors (Lipinski definition) is 7. The maximum atomic E-state index is 12.9. The van der Waals surface area contributed by atoms with Crippen molar-refractivity contribution in [3.05, 3.63) is 87.8 Å². The van der Waals surface area contributed by atoms with Gasteiger partial charge in [0.05, 0.1) is 18.6 Å². The van der Waals surface area contributed by atoms with Crippen LogP contribution in [0.4, 0.5) is 10.5 Å². The Labute approximate surface area is 231 Å². The van der Waals surface area contributed by atoms with Crippen LogP contribution in [0.3, 0.4) is 0 Å². The molecule has 39 heavy (non-hydrogen) atoms. The molecule has 1 aliphatic rings. The fourth-order valence-corrected chi connectivity index (χ4v) is 4.76. The Kier molecular flexibility index (Phi) is 8.93. The Morgan fingerprint density at radius 2 is 1.74 bits per heavy atom. The summed E-state index contributed by atoms with van der Waals surface area (Å²) >= 11 is 0.878. The van der Waals surface area contributed by atoms with Gasteiger partial charge in [0.1, 0.15) is 12.4 Å². The molecule has 1 N–H and O–H groups in total. The first-order valence-electron chi connectivity index (χ1n) is 12.4. The van der Waals surface area contributed by atoms with Gasteiger partial charge in [0.15, 0.2) is 18.1 Å². The highest BCUT2D eigenvalue weighted by Gasteiger charge is 2.34. The smallest absolute Gasteiger partial charge is 0.293 e. The molecule has 4 rings (SSSR count). The second-order valence-electron chi connectivity index (χ2n) is 9.06. The highest BCUT2D eigenvalue weighted by Crippen LogP contribution is 2.34. The molecule has 0 saturated carbocycles. The number of aryl methyl sites for hydroxylation is 3. The predicted octanol–water partition coefficient (Wildman–Crippen LogP) is 5.75. The number of carbonyl (C=O) groups is 3. The quantitative estimate of drug-likeness (QED) is 0.324.